The standard InChI is InChI=1S/C26H29N3O5/c1-16-13-33-14-17(2)28(16)11-18-6-8-19(9-7-18)15-34-23-5-3-4-20-21(23)12-29(26(20)32)22-10-24(30)27-25(22)31/h3-9,16-17,22H,10-15H2,1-2H3,(H,27,30,31). The van der Waals surface area contributed by atoms with Gasteiger partial charge < -0.3 is 14.4 Å². The molecule has 2 aromatic carbocycles. The summed E-state index contributed by atoms with van der Waals surface area (Å²) in [7, 11) is 0. The summed E-state index contributed by atoms with van der Waals surface area (Å²) in [6.07, 6.45) is 0.00309. The number of hydrogen-bond donors (Lipinski definition) is 1. The van der Waals surface area contributed by atoms with Crippen molar-refractivity contribution in [2.45, 2.75) is 58.1 Å². The first-order chi connectivity index (χ1) is 16.4. The van der Waals surface area contributed by atoms with Crippen LogP contribution in [0.2, 0.25) is 0 Å². The van der Waals surface area contributed by atoms with Crippen molar-refractivity contribution in [2.24, 2.45) is 0 Å². The highest BCUT2D eigenvalue weighted by Gasteiger charge is 2.42. The molecule has 1 N–H and O–H groups in total. The van der Waals surface area contributed by atoms with Crippen molar-refractivity contribution in [3.8, 4) is 5.75 Å². The second-order valence-corrected chi connectivity index (χ2v) is 9.36. The molecule has 0 aliphatic carbocycles. The summed E-state index contributed by atoms with van der Waals surface area (Å²) in [5.41, 5.74) is 3.56. The van der Waals surface area contributed by atoms with E-state index in [0.717, 1.165) is 30.9 Å². The Labute approximate surface area is 198 Å². The molecular formula is C26H29N3O5. The molecule has 5 rings (SSSR count). The lowest BCUT2D eigenvalue weighted by atomic mass is 10.1. The molecule has 8 heteroatoms. The number of benzene rings is 2. The van der Waals surface area contributed by atoms with E-state index in [-0.39, 0.29) is 24.8 Å². The molecule has 2 aromatic rings. The lowest BCUT2D eigenvalue weighted by molar-refractivity contribution is -0.126. The Morgan fingerprint density at radius 1 is 1.00 bits per heavy atom. The summed E-state index contributed by atoms with van der Waals surface area (Å²) < 4.78 is 11.7. The van der Waals surface area contributed by atoms with E-state index >= 15 is 0 Å². The molecule has 3 heterocycles. The maximum absolute atomic E-state index is 12.9. The summed E-state index contributed by atoms with van der Waals surface area (Å²) in [5.74, 6) is -0.393. The van der Waals surface area contributed by atoms with Crippen LogP contribution in [0.4, 0.5) is 0 Å². The fraction of sp³-hybridized carbons (Fsp3) is 0.423. The number of hydrogen-bond acceptors (Lipinski definition) is 6. The number of nitrogens with zero attached hydrogens (tertiary/aromatic N) is 2. The highest BCUT2D eigenvalue weighted by molar-refractivity contribution is 6.09. The van der Waals surface area contributed by atoms with Crippen LogP contribution in [-0.2, 0) is 34.0 Å². The van der Waals surface area contributed by atoms with Crippen molar-refractivity contribution in [1.29, 1.82) is 0 Å². The second-order valence-electron chi connectivity index (χ2n) is 9.36. The van der Waals surface area contributed by atoms with Crippen molar-refractivity contribution in [3.63, 3.8) is 0 Å². The third kappa shape index (κ3) is 4.31. The van der Waals surface area contributed by atoms with E-state index in [2.05, 4.69) is 48.3 Å². The normalized spacial score (nSPS) is 24.9. The molecular weight excluding hydrogens is 434 g/mol. The zero-order valence-electron chi connectivity index (χ0n) is 19.5. The van der Waals surface area contributed by atoms with E-state index in [1.807, 2.05) is 6.07 Å². The summed E-state index contributed by atoms with van der Waals surface area (Å²) in [6.45, 7) is 7.42. The Morgan fingerprint density at radius 3 is 2.38 bits per heavy atom. The molecule has 3 atom stereocenters. The number of morpholine rings is 1. The lowest BCUT2D eigenvalue weighted by Gasteiger charge is -2.38. The van der Waals surface area contributed by atoms with E-state index in [0.29, 0.717) is 30.0 Å². The van der Waals surface area contributed by atoms with Gasteiger partial charge in [0.25, 0.3) is 5.91 Å². The minimum absolute atomic E-state index is 0.00309. The fourth-order valence-electron chi connectivity index (χ4n) is 4.96. The second kappa shape index (κ2) is 9.19. The van der Waals surface area contributed by atoms with Gasteiger partial charge in [-0.2, -0.15) is 0 Å². The molecule has 0 radical (unpaired) electrons. The van der Waals surface area contributed by atoms with Crippen molar-refractivity contribution >= 4 is 17.7 Å². The molecule has 178 valence electrons. The smallest absolute Gasteiger partial charge is 0.255 e. The Morgan fingerprint density at radius 2 is 1.71 bits per heavy atom. The van der Waals surface area contributed by atoms with Gasteiger partial charge in [-0.1, -0.05) is 30.3 Å². The highest BCUT2D eigenvalue weighted by Crippen LogP contribution is 2.34. The van der Waals surface area contributed by atoms with Crippen LogP contribution in [0.25, 0.3) is 0 Å². The van der Waals surface area contributed by atoms with Gasteiger partial charge in [-0.05, 0) is 37.1 Å². The molecule has 3 amide bonds. The summed E-state index contributed by atoms with van der Waals surface area (Å²) >= 11 is 0. The Hall–Kier alpha value is -3.23. The summed E-state index contributed by atoms with van der Waals surface area (Å²) in [5, 5.41) is 2.28. The monoisotopic (exact) mass is 463 g/mol. The van der Waals surface area contributed by atoms with E-state index in [1.165, 1.54) is 10.5 Å². The van der Waals surface area contributed by atoms with Gasteiger partial charge >= 0.3 is 0 Å². The Bertz CT molecular complexity index is 1110. The number of fused-ring (bicyclic) bond motifs is 1. The summed E-state index contributed by atoms with van der Waals surface area (Å²) in [4.78, 5) is 40.5. The third-order valence-electron chi connectivity index (χ3n) is 6.91. The van der Waals surface area contributed by atoms with E-state index in [1.54, 1.807) is 12.1 Å². The minimum Gasteiger partial charge on any atom is -0.489 e. The van der Waals surface area contributed by atoms with Crippen LogP contribution in [0.1, 0.15) is 47.3 Å². The van der Waals surface area contributed by atoms with Gasteiger partial charge in [-0.3, -0.25) is 24.6 Å². The van der Waals surface area contributed by atoms with Gasteiger partial charge in [0.2, 0.25) is 11.8 Å². The van der Waals surface area contributed by atoms with Gasteiger partial charge in [-0.25, -0.2) is 0 Å². The van der Waals surface area contributed by atoms with Crippen LogP contribution in [-0.4, -0.2) is 58.9 Å². The first kappa shape index (κ1) is 22.6. The predicted molar refractivity (Wildman–Crippen MR) is 124 cm³/mol. The SMILES string of the molecule is CC1COCC(C)N1Cc1ccc(COc2cccc3c2CN(C2CC(=O)NC2=O)C3=O)cc1. The number of amides is 3. The molecule has 2 fully saturated rings. The number of imide groups is 1. The predicted octanol–water partition coefficient (Wildman–Crippen LogP) is 2.25. The van der Waals surface area contributed by atoms with Crippen LogP contribution in [0.3, 0.4) is 0 Å². The number of carbonyl (C=O) groups excluding carboxylic acids is 3. The molecule has 3 aliphatic rings. The zero-order valence-corrected chi connectivity index (χ0v) is 19.5. The molecule has 0 aromatic heterocycles. The fourth-order valence-corrected chi connectivity index (χ4v) is 4.96. The maximum atomic E-state index is 12.9. The van der Waals surface area contributed by atoms with Crippen molar-refractivity contribution < 1.29 is 23.9 Å². The van der Waals surface area contributed by atoms with Crippen molar-refractivity contribution in [2.75, 3.05) is 13.2 Å². The van der Waals surface area contributed by atoms with E-state index in [4.69, 9.17) is 9.47 Å². The minimum atomic E-state index is -0.760. The van der Waals surface area contributed by atoms with Crippen molar-refractivity contribution in [3.05, 3.63) is 64.7 Å². The number of ether oxygens (including phenoxy) is 2. The van der Waals surface area contributed by atoms with Crippen LogP contribution in [0.15, 0.2) is 42.5 Å². The Kier molecular flexibility index (Phi) is 6.10. The van der Waals surface area contributed by atoms with Gasteiger partial charge in [0.15, 0.2) is 0 Å². The van der Waals surface area contributed by atoms with Crippen LogP contribution in [0.5, 0.6) is 5.75 Å². The highest BCUT2D eigenvalue weighted by atomic mass is 16.5. The number of nitrogens with one attached hydrogen (secondary N) is 1. The molecule has 0 spiro atoms. The van der Waals surface area contributed by atoms with Gasteiger partial charge in [-0.15, -0.1) is 0 Å². The maximum Gasteiger partial charge on any atom is 0.255 e. The van der Waals surface area contributed by atoms with Crippen LogP contribution >= 0.6 is 0 Å². The molecule has 8 nitrogen and oxygen atoms in total. The molecule has 3 aliphatic heterocycles. The largest absolute Gasteiger partial charge is 0.489 e. The third-order valence-corrected chi connectivity index (χ3v) is 6.91. The van der Waals surface area contributed by atoms with Crippen molar-refractivity contribution in [1.82, 2.24) is 15.1 Å². The molecule has 3 unspecified atom stereocenters. The van der Waals surface area contributed by atoms with E-state index in [9.17, 15) is 14.4 Å². The average Bonchev–Trinajstić information content (AvgIpc) is 3.34. The Balaban J connectivity index is 1.24. The summed E-state index contributed by atoms with van der Waals surface area (Å²) in [6, 6.07) is 13.8. The first-order valence-corrected chi connectivity index (χ1v) is 11.7. The average molecular weight is 464 g/mol. The first-order valence-electron chi connectivity index (χ1n) is 11.7. The van der Waals surface area contributed by atoms with Crippen LogP contribution in [0, 0.1) is 0 Å². The van der Waals surface area contributed by atoms with Gasteiger partial charge in [0, 0.05) is 29.8 Å². The van der Waals surface area contributed by atoms with E-state index < -0.39 is 11.9 Å². The quantitative estimate of drug-likeness (QED) is 0.661. The van der Waals surface area contributed by atoms with Gasteiger partial charge in [0.1, 0.15) is 18.4 Å². The molecule has 34 heavy (non-hydrogen) atoms. The topological polar surface area (TPSA) is 88.2 Å². The zero-order chi connectivity index (χ0) is 23.8. The molecule has 2 saturated heterocycles. The van der Waals surface area contributed by atoms with Gasteiger partial charge in [0.05, 0.1) is 26.2 Å². The number of rotatable bonds is 6. The molecule has 0 saturated carbocycles. The number of carbonyl (C=O) groups is 3. The lowest BCUT2D eigenvalue weighted by Crippen LogP contribution is -2.48. The molecule has 0 bridgehead atoms. The van der Waals surface area contributed by atoms with Crippen LogP contribution < -0.4 is 10.1 Å².